The van der Waals surface area contributed by atoms with Gasteiger partial charge >= 0.3 is 0 Å². The molecule has 142 valence electrons. The topological polar surface area (TPSA) is 51.9 Å². The summed E-state index contributed by atoms with van der Waals surface area (Å²) in [6.45, 7) is 3.46. The van der Waals surface area contributed by atoms with E-state index < -0.39 is 0 Å². The van der Waals surface area contributed by atoms with Crippen molar-refractivity contribution in [3.63, 3.8) is 0 Å². The van der Waals surface area contributed by atoms with Crippen LogP contribution in [0.1, 0.15) is 17.0 Å². The normalized spacial score (nSPS) is 10.6. The predicted octanol–water partition coefficient (Wildman–Crippen LogP) is 1.25. The molecular formula is C22H20ClN3O2. The average Bonchev–Trinajstić information content (AvgIpc) is 2.95. The predicted molar refractivity (Wildman–Crippen MR) is 105 cm³/mol. The zero-order chi connectivity index (χ0) is 18.8. The highest BCUT2D eigenvalue weighted by molar-refractivity contribution is 5.75. The average molecular weight is 394 g/mol. The zero-order valence-corrected chi connectivity index (χ0v) is 16.2. The second-order valence-corrected chi connectivity index (χ2v) is 6.62. The summed E-state index contributed by atoms with van der Waals surface area (Å²) in [4.78, 5) is 10.9. The van der Waals surface area contributed by atoms with Crippen LogP contribution in [0.2, 0.25) is 0 Å². The minimum atomic E-state index is -0.337. The lowest BCUT2D eigenvalue weighted by atomic mass is 10.2. The summed E-state index contributed by atoms with van der Waals surface area (Å²) < 4.78 is 4.37. The Labute approximate surface area is 169 Å². The maximum Gasteiger partial charge on any atom is 0.273 e. The number of halogens is 1. The van der Waals surface area contributed by atoms with Crippen LogP contribution in [0.5, 0.6) is 0 Å². The van der Waals surface area contributed by atoms with E-state index in [1.807, 2.05) is 42.5 Å². The minimum absolute atomic E-state index is 0. The molecule has 0 saturated carbocycles. The Morgan fingerprint density at radius 1 is 0.929 bits per heavy atom. The van der Waals surface area contributed by atoms with Crippen LogP contribution in [-0.4, -0.2) is 9.49 Å². The molecule has 1 heterocycles. The lowest BCUT2D eigenvalue weighted by Crippen LogP contribution is -3.00. The third-order valence-electron chi connectivity index (χ3n) is 4.90. The summed E-state index contributed by atoms with van der Waals surface area (Å²) in [5.41, 5.74) is 4.35. The van der Waals surface area contributed by atoms with Crippen LogP contribution in [0.4, 0.5) is 5.69 Å². The van der Waals surface area contributed by atoms with Crippen molar-refractivity contribution < 1.29 is 21.9 Å². The van der Waals surface area contributed by atoms with Crippen LogP contribution < -0.4 is 17.0 Å². The van der Waals surface area contributed by atoms with Gasteiger partial charge in [0.1, 0.15) is 13.1 Å². The van der Waals surface area contributed by atoms with Gasteiger partial charge < -0.3 is 12.4 Å². The van der Waals surface area contributed by atoms with Gasteiger partial charge in [-0.15, -0.1) is 0 Å². The van der Waals surface area contributed by atoms with E-state index >= 15 is 0 Å². The maximum atomic E-state index is 11.3. The number of fused-ring (bicyclic) bond motifs is 1. The van der Waals surface area contributed by atoms with Gasteiger partial charge in [-0.05, 0) is 17.2 Å². The van der Waals surface area contributed by atoms with Gasteiger partial charge in [0.2, 0.25) is 0 Å². The molecule has 4 rings (SSSR count). The Kier molecular flexibility index (Phi) is 5.76. The largest absolute Gasteiger partial charge is 1.00 e. The fourth-order valence-corrected chi connectivity index (χ4v) is 3.50. The lowest BCUT2D eigenvalue weighted by molar-refractivity contribution is -0.669. The van der Waals surface area contributed by atoms with Crippen molar-refractivity contribution in [3.8, 4) is 0 Å². The molecule has 0 aliphatic carbocycles. The van der Waals surface area contributed by atoms with E-state index in [-0.39, 0.29) is 23.0 Å². The molecule has 0 bridgehead atoms. The summed E-state index contributed by atoms with van der Waals surface area (Å²) in [5, 5.41) is 11.3. The molecule has 28 heavy (non-hydrogen) atoms. The van der Waals surface area contributed by atoms with E-state index in [1.165, 1.54) is 5.56 Å². The highest BCUT2D eigenvalue weighted by Gasteiger charge is 2.24. The summed E-state index contributed by atoms with van der Waals surface area (Å²) in [6, 6.07) is 25.5. The molecule has 1 aromatic heterocycles. The smallest absolute Gasteiger partial charge is 0.273 e. The maximum absolute atomic E-state index is 11.3. The Morgan fingerprint density at radius 2 is 1.54 bits per heavy atom. The first-order valence-corrected chi connectivity index (χ1v) is 8.88. The van der Waals surface area contributed by atoms with E-state index in [1.54, 1.807) is 12.1 Å². The van der Waals surface area contributed by atoms with E-state index in [4.69, 9.17) is 0 Å². The Bertz CT molecular complexity index is 1110. The number of imidazole rings is 1. The highest BCUT2D eigenvalue weighted by atomic mass is 35.5. The van der Waals surface area contributed by atoms with Crippen LogP contribution >= 0.6 is 0 Å². The second-order valence-electron chi connectivity index (χ2n) is 6.62. The SMILES string of the molecule is Cc1n(Cc2ccccc2)c2cc([N+](=O)[O-])ccc2[n+]1Cc1ccccc1.[Cl-]. The molecule has 0 spiro atoms. The number of rotatable bonds is 5. The standard InChI is InChI=1S/C22H20N3O2.ClH/c1-17-23(15-18-8-4-2-5-9-18)21-13-12-20(25(26)27)14-22(21)24(17)16-19-10-6-3-7-11-19;/h2-14H,15-16H2,1H3;1H/q+1;/p-1. The molecule has 0 unspecified atom stereocenters. The van der Waals surface area contributed by atoms with E-state index in [0.29, 0.717) is 6.54 Å². The molecule has 0 saturated heterocycles. The molecule has 0 fully saturated rings. The minimum Gasteiger partial charge on any atom is -1.00 e. The van der Waals surface area contributed by atoms with Crippen LogP contribution in [0.3, 0.4) is 0 Å². The van der Waals surface area contributed by atoms with Crippen molar-refractivity contribution in [2.75, 3.05) is 0 Å². The van der Waals surface area contributed by atoms with Gasteiger partial charge in [-0.3, -0.25) is 10.1 Å². The van der Waals surface area contributed by atoms with Gasteiger partial charge in [0, 0.05) is 13.0 Å². The van der Waals surface area contributed by atoms with Crippen molar-refractivity contribution in [1.82, 2.24) is 4.57 Å². The van der Waals surface area contributed by atoms with Gasteiger partial charge in [0.05, 0.1) is 11.0 Å². The third kappa shape index (κ3) is 3.75. The quantitative estimate of drug-likeness (QED) is 0.291. The summed E-state index contributed by atoms with van der Waals surface area (Å²) in [5.74, 6) is 1.07. The van der Waals surface area contributed by atoms with Crippen molar-refractivity contribution in [1.29, 1.82) is 0 Å². The monoisotopic (exact) mass is 393 g/mol. The molecule has 3 aromatic carbocycles. The Hall–Kier alpha value is -3.18. The van der Waals surface area contributed by atoms with Gasteiger partial charge in [-0.2, -0.15) is 0 Å². The van der Waals surface area contributed by atoms with Crippen LogP contribution in [0.25, 0.3) is 11.0 Å². The third-order valence-corrected chi connectivity index (χ3v) is 4.90. The van der Waals surface area contributed by atoms with Gasteiger partial charge in [0.15, 0.2) is 11.0 Å². The summed E-state index contributed by atoms with van der Waals surface area (Å²) in [6.07, 6.45) is 0. The molecule has 0 aliphatic heterocycles. The first-order valence-electron chi connectivity index (χ1n) is 8.88. The van der Waals surface area contributed by atoms with Gasteiger partial charge in [0.25, 0.3) is 11.5 Å². The second kappa shape index (κ2) is 8.23. The summed E-state index contributed by atoms with van der Waals surface area (Å²) in [7, 11) is 0. The Morgan fingerprint density at radius 3 is 2.14 bits per heavy atom. The molecule has 4 aromatic rings. The molecule has 0 radical (unpaired) electrons. The number of hydrogen-bond donors (Lipinski definition) is 0. The van der Waals surface area contributed by atoms with Crippen molar-refractivity contribution >= 4 is 16.7 Å². The molecule has 6 heteroatoms. The van der Waals surface area contributed by atoms with Gasteiger partial charge in [-0.25, -0.2) is 9.13 Å². The van der Waals surface area contributed by atoms with Crippen LogP contribution in [-0.2, 0) is 13.1 Å². The van der Waals surface area contributed by atoms with E-state index in [0.717, 1.165) is 29.0 Å². The highest BCUT2D eigenvalue weighted by Crippen LogP contribution is 2.22. The van der Waals surface area contributed by atoms with Crippen LogP contribution in [0.15, 0.2) is 78.9 Å². The zero-order valence-electron chi connectivity index (χ0n) is 15.5. The fraction of sp³-hybridized carbons (Fsp3) is 0.136. The van der Waals surface area contributed by atoms with Gasteiger partial charge in [-0.1, -0.05) is 60.7 Å². The van der Waals surface area contributed by atoms with E-state index in [9.17, 15) is 10.1 Å². The summed E-state index contributed by atoms with van der Waals surface area (Å²) >= 11 is 0. The van der Waals surface area contributed by atoms with Crippen LogP contribution in [0, 0.1) is 17.0 Å². The molecule has 0 amide bonds. The molecule has 5 nitrogen and oxygen atoms in total. The molecular weight excluding hydrogens is 374 g/mol. The number of non-ortho nitro benzene ring substituents is 1. The van der Waals surface area contributed by atoms with Crippen molar-refractivity contribution in [2.24, 2.45) is 0 Å². The molecule has 0 atom stereocenters. The Balaban J connectivity index is 0.00000225. The lowest BCUT2D eigenvalue weighted by Gasteiger charge is -2.03. The number of hydrogen-bond acceptors (Lipinski definition) is 2. The van der Waals surface area contributed by atoms with Crippen molar-refractivity contribution in [3.05, 3.63) is 106 Å². The number of nitro benzene ring substituents is 1. The first-order chi connectivity index (χ1) is 13.1. The number of nitro groups is 1. The number of aromatic nitrogens is 2. The van der Waals surface area contributed by atoms with Crippen molar-refractivity contribution in [2.45, 2.75) is 20.0 Å². The number of benzene rings is 3. The molecule has 0 aliphatic rings. The first kappa shape index (κ1) is 19.6. The number of nitrogens with zero attached hydrogens (tertiary/aromatic N) is 3. The van der Waals surface area contributed by atoms with E-state index in [2.05, 4.69) is 40.3 Å². The fourth-order valence-electron chi connectivity index (χ4n) is 3.50. The molecule has 0 N–H and O–H groups in total.